The molecular formula is C13H16N4O2S. The van der Waals surface area contributed by atoms with Gasteiger partial charge >= 0.3 is 0 Å². The van der Waals surface area contributed by atoms with Crippen molar-refractivity contribution in [3.8, 4) is 0 Å². The van der Waals surface area contributed by atoms with Gasteiger partial charge in [-0.2, -0.15) is 5.10 Å². The predicted octanol–water partition coefficient (Wildman–Crippen LogP) is 0.925. The molecule has 1 saturated heterocycles. The molecule has 1 fully saturated rings. The van der Waals surface area contributed by atoms with Gasteiger partial charge in [0.05, 0.1) is 18.1 Å². The number of benzene rings is 1. The van der Waals surface area contributed by atoms with Crippen molar-refractivity contribution in [1.29, 1.82) is 0 Å². The maximum Gasteiger partial charge on any atom is 0.152 e. The molecule has 1 atom stereocenters. The summed E-state index contributed by atoms with van der Waals surface area (Å²) in [6.07, 6.45) is 3.87. The van der Waals surface area contributed by atoms with Crippen LogP contribution in [-0.2, 0) is 16.4 Å². The molecule has 6 nitrogen and oxygen atoms in total. The van der Waals surface area contributed by atoms with Crippen LogP contribution in [0.15, 0.2) is 36.9 Å². The molecule has 1 unspecified atom stereocenters. The van der Waals surface area contributed by atoms with Crippen LogP contribution in [0.1, 0.15) is 12.0 Å². The van der Waals surface area contributed by atoms with Gasteiger partial charge in [0, 0.05) is 11.7 Å². The molecule has 0 amide bonds. The zero-order chi connectivity index (χ0) is 14.0. The Morgan fingerprint density at radius 2 is 2.10 bits per heavy atom. The molecule has 1 aromatic carbocycles. The Morgan fingerprint density at radius 1 is 1.30 bits per heavy atom. The molecule has 1 aliphatic rings. The monoisotopic (exact) mass is 292 g/mol. The molecule has 1 N–H and O–H groups in total. The summed E-state index contributed by atoms with van der Waals surface area (Å²) >= 11 is 0. The van der Waals surface area contributed by atoms with E-state index in [9.17, 15) is 8.42 Å². The highest BCUT2D eigenvalue weighted by Gasteiger charge is 2.27. The summed E-state index contributed by atoms with van der Waals surface area (Å²) in [6.45, 7) is 0.679. The van der Waals surface area contributed by atoms with Gasteiger partial charge in [0.25, 0.3) is 0 Å². The van der Waals surface area contributed by atoms with Gasteiger partial charge in [0.2, 0.25) is 0 Å². The number of sulfone groups is 1. The van der Waals surface area contributed by atoms with E-state index in [-0.39, 0.29) is 17.5 Å². The van der Waals surface area contributed by atoms with Gasteiger partial charge in [0.1, 0.15) is 12.7 Å². The Bertz CT molecular complexity index is 665. The molecule has 0 aliphatic carbocycles. The van der Waals surface area contributed by atoms with Crippen LogP contribution >= 0.6 is 0 Å². The molecule has 0 bridgehead atoms. The Labute approximate surface area is 117 Å². The van der Waals surface area contributed by atoms with Crippen LogP contribution in [0.4, 0.5) is 5.69 Å². The van der Waals surface area contributed by atoms with Gasteiger partial charge in [-0.15, -0.1) is 0 Å². The zero-order valence-electron chi connectivity index (χ0n) is 10.9. The third-order valence-corrected chi connectivity index (χ3v) is 5.14. The summed E-state index contributed by atoms with van der Waals surface area (Å²) in [7, 11) is -2.84. The molecule has 3 rings (SSSR count). The number of anilines is 1. The van der Waals surface area contributed by atoms with Crippen molar-refractivity contribution >= 4 is 15.5 Å². The predicted molar refractivity (Wildman–Crippen MR) is 76.2 cm³/mol. The fourth-order valence-electron chi connectivity index (χ4n) is 2.35. The number of nitrogens with one attached hydrogen (secondary N) is 1. The van der Waals surface area contributed by atoms with Crippen molar-refractivity contribution in [3.63, 3.8) is 0 Å². The minimum Gasteiger partial charge on any atom is -0.381 e. The van der Waals surface area contributed by atoms with Crippen LogP contribution in [0, 0.1) is 0 Å². The molecule has 20 heavy (non-hydrogen) atoms. The Balaban J connectivity index is 1.62. The molecule has 0 radical (unpaired) electrons. The van der Waals surface area contributed by atoms with E-state index in [1.165, 1.54) is 6.33 Å². The number of nitrogens with zero attached hydrogens (tertiary/aromatic N) is 3. The van der Waals surface area contributed by atoms with Crippen LogP contribution < -0.4 is 5.32 Å². The molecule has 2 heterocycles. The average molecular weight is 292 g/mol. The molecule has 2 aromatic rings. The van der Waals surface area contributed by atoms with Gasteiger partial charge in [-0.1, -0.05) is 12.1 Å². The van der Waals surface area contributed by atoms with E-state index in [4.69, 9.17) is 0 Å². The molecule has 106 valence electrons. The van der Waals surface area contributed by atoms with Crippen molar-refractivity contribution in [1.82, 2.24) is 14.8 Å². The van der Waals surface area contributed by atoms with Crippen molar-refractivity contribution < 1.29 is 8.42 Å². The lowest BCUT2D eigenvalue weighted by molar-refractivity contribution is 0.602. The summed E-state index contributed by atoms with van der Waals surface area (Å²) in [6, 6.07) is 7.98. The van der Waals surface area contributed by atoms with Crippen molar-refractivity contribution in [2.45, 2.75) is 19.0 Å². The first-order chi connectivity index (χ1) is 9.61. The molecule has 0 saturated carbocycles. The molecule has 1 aliphatic heterocycles. The van der Waals surface area contributed by atoms with Gasteiger partial charge in [-0.3, -0.25) is 0 Å². The van der Waals surface area contributed by atoms with Crippen LogP contribution in [0.25, 0.3) is 0 Å². The van der Waals surface area contributed by atoms with Crippen LogP contribution in [0.2, 0.25) is 0 Å². The SMILES string of the molecule is O=S1(=O)CCC(Nc2ccc(Cn3cncn3)cc2)C1. The highest BCUT2D eigenvalue weighted by Crippen LogP contribution is 2.18. The number of hydrogen-bond donors (Lipinski definition) is 1. The second kappa shape index (κ2) is 5.24. The summed E-state index contributed by atoms with van der Waals surface area (Å²) in [5.74, 6) is 0.517. The van der Waals surface area contributed by atoms with Crippen molar-refractivity contribution in [2.75, 3.05) is 16.8 Å². The molecule has 7 heteroatoms. The van der Waals surface area contributed by atoms with Crippen LogP contribution in [0.5, 0.6) is 0 Å². The number of rotatable bonds is 4. The van der Waals surface area contributed by atoms with E-state index in [1.54, 1.807) is 11.0 Å². The Hall–Kier alpha value is -1.89. The van der Waals surface area contributed by atoms with Gasteiger partial charge in [0.15, 0.2) is 9.84 Å². The lowest BCUT2D eigenvalue weighted by atomic mass is 10.2. The summed E-state index contributed by atoms with van der Waals surface area (Å²) in [5, 5.41) is 7.32. The second-order valence-electron chi connectivity index (χ2n) is 5.03. The van der Waals surface area contributed by atoms with Gasteiger partial charge in [-0.05, 0) is 24.1 Å². The fraction of sp³-hybridized carbons (Fsp3) is 0.385. The largest absolute Gasteiger partial charge is 0.381 e. The normalized spacial score (nSPS) is 20.9. The van der Waals surface area contributed by atoms with Gasteiger partial charge < -0.3 is 5.32 Å². The first kappa shape index (κ1) is 13.1. The quantitative estimate of drug-likeness (QED) is 0.907. The minimum absolute atomic E-state index is 0.0289. The Morgan fingerprint density at radius 3 is 2.70 bits per heavy atom. The van der Waals surface area contributed by atoms with Crippen molar-refractivity contribution in [3.05, 3.63) is 42.5 Å². The molecule has 1 aromatic heterocycles. The highest BCUT2D eigenvalue weighted by molar-refractivity contribution is 7.91. The maximum atomic E-state index is 11.4. The lowest BCUT2D eigenvalue weighted by Gasteiger charge is -2.12. The van der Waals surface area contributed by atoms with E-state index >= 15 is 0 Å². The standard InChI is InChI=1S/C13H16N4O2S/c18-20(19)6-5-13(8-20)16-12-3-1-11(2-4-12)7-17-10-14-9-15-17/h1-4,9-10,13,16H,5-8H2. The summed E-state index contributed by atoms with van der Waals surface area (Å²) in [4.78, 5) is 3.90. The number of aromatic nitrogens is 3. The number of hydrogen-bond acceptors (Lipinski definition) is 5. The first-order valence-electron chi connectivity index (χ1n) is 6.49. The van der Waals surface area contributed by atoms with E-state index in [0.717, 1.165) is 11.3 Å². The van der Waals surface area contributed by atoms with E-state index in [0.29, 0.717) is 13.0 Å². The maximum absolute atomic E-state index is 11.4. The van der Waals surface area contributed by atoms with E-state index in [1.807, 2.05) is 24.3 Å². The molecule has 0 spiro atoms. The third kappa shape index (κ3) is 3.16. The zero-order valence-corrected chi connectivity index (χ0v) is 11.8. The first-order valence-corrected chi connectivity index (χ1v) is 8.31. The second-order valence-corrected chi connectivity index (χ2v) is 7.26. The van der Waals surface area contributed by atoms with Crippen LogP contribution in [0.3, 0.4) is 0 Å². The Kier molecular flexibility index (Phi) is 3.43. The van der Waals surface area contributed by atoms with Gasteiger partial charge in [-0.25, -0.2) is 18.1 Å². The highest BCUT2D eigenvalue weighted by atomic mass is 32.2. The third-order valence-electron chi connectivity index (χ3n) is 3.37. The molecular weight excluding hydrogens is 276 g/mol. The van der Waals surface area contributed by atoms with Crippen molar-refractivity contribution in [2.24, 2.45) is 0 Å². The van der Waals surface area contributed by atoms with Crippen LogP contribution in [-0.4, -0.2) is 40.7 Å². The average Bonchev–Trinajstić information content (AvgIpc) is 3.02. The summed E-state index contributed by atoms with van der Waals surface area (Å²) < 4.78 is 24.6. The lowest BCUT2D eigenvalue weighted by Crippen LogP contribution is -2.20. The van der Waals surface area contributed by atoms with E-state index in [2.05, 4.69) is 15.4 Å². The minimum atomic E-state index is -2.84. The summed E-state index contributed by atoms with van der Waals surface area (Å²) in [5.41, 5.74) is 2.08. The fourth-order valence-corrected chi connectivity index (χ4v) is 4.03. The van der Waals surface area contributed by atoms with E-state index < -0.39 is 9.84 Å². The topological polar surface area (TPSA) is 76.9 Å². The smallest absolute Gasteiger partial charge is 0.152 e.